The quantitative estimate of drug-likeness (QED) is 0.939. The Morgan fingerprint density at radius 1 is 1.10 bits per heavy atom. The zero-order chi connectivity index (χ0) is 13.5. The molecule has 0 amide bonds. The number of hydrogen-bond acceptors (Lipinski definition) is 4. The maximum absolute atomic E-state index is 6.31. The van der Waals surface area contributed by atoms with Crippen molar-refractivity contribution in [3.8, 4) is 0 Å². The summed E-state index contributed by atoms with van der Waals surface area (Å²) in [6, 6.07) is 10.0. The minimum absolute atomic E-state index is 0.138. The first-order valence-electron chi connectivity index (χ1n) is 7.45. The van der Waals surface area contributed by atoms with Crippen LogP contribution in [-0.4, -0.2) is 10.2 Å². The maximum Gasteiger partial charge on any atom is 0.138 e. The molecule has 1 aromatic carbocycles. The molecule has 4 unspecified atom stereocenters. The van der Waals surface area contributed by atoms with Gasteiger partial charge in [0.05, 0.1) is 6.04 Å². The average Bonchev–Trinajstić information content (AvgIpc) is 3.23. The molecule has 2 aliphatic carbocycles. The van der Waals surface area contributed by atoms with Crippen molar-refractivity contribution in [2.45, 2.75) is 37.6 Å². The van der Waals surface area contributed by atoms with Gasteiger partial charge in [-0.3, -0.25) is 0 Å². The molecule has 4 atom stereocenters. The molecule has 2 fully saturated rings. The summed E-state index contributed by atoms with van der Waals surface area (Å²) in [5.41, 5.74) is 7.43. The molecular formula is C16H19N3S. The topological polar surface area (TPSA) is 51.8 Å². The van der Waals surface area contributed by atoms with Crippen molar-refractivity contribution in [1.29, 1.82) is 0 Å². The Morgan fingerprint density at radius 3 is 2.65 bits per heavy atom. The monoisotopic (exact) mass is 285 g/mol. The molecule has 0 aliphatic heterocycles. The van der Waals surface area contributed by atoms with Crippen molar-refractivity contribution in [2.75, 3.05) is 0 Å². The Hall–Kier alpha value is -1.26. The second-order valence-electron chi connectivity index (χ2n) is 6.15. The van der Waals surface area contributed by atoms with E-state index in [1.807, 2.05) is 18.2 Å². The minimum Gasteiger partial charge on any atom is -0.318 e. The van der Waals surface area contributed by atoms with Crippen LogP contribution < -0.4 is 5.73 Å². The average molecular weight is 285 g/mol. The van der Waals surface area contributed by atoms with Crippen LogP contribution in [0.2, 0.25) is 0 Å². The fourth-order valence-corrected chi connectivity index (χ4v) is 4.95. The highest BCUT2D eigenvalue weighted by Crippen LogP contribution is 2.53. The fourth-order valence-electron chi connectivity index (χ4n) is 3.87. The van der Waals surface area contributed by atoms with Crippen LogP contribution in [0.1, 0.15) is 53.2 Å². The zero-order valence-corrected chi connectivity index (χ0v) is 12.2. The lowest BCUT2D eigenvalue weighted by atomic mass is 9.89. The highest BCUT2D eigenvalue weighted by molar-refractivity contribution is 7.11. The number of fused-ring (bicyclic) bond motifs is 2. The van der Waals surface area contributed by atoms with E-state index in [1.54, 1.807) is 11.3 Å². The van der Waals surface area contributed by atoms with E-state index in [9.17, 15) is 0 Å². The molecule has 104 valence electrons. The zero-order valence-electron chi connectivity index (χ0n) is 11.4. The molecule has 2 aromatic rings. The van der Waals surface area contributed by atoms with Gasteiger partial charge in [0.1, 0.15) is 10.0 Å². The smallest absolute Gasteiger partial charge is 0.138 e. The van der Waals surface area contributed by atoms with Crippen LogP contribution in [0.15, 0.2) is 30.3 Å². The molecule has 0 spiro atoms. The van der Waals surface area contributed by atoms with E-state index >= 15 is 0 Å². The van der Waals surface area contributed by atoms with Gasteiger partial charge in [-0.15, -0.1) is 10.2 Å². The van der Waals surface area contributed by atoms with Gasteiger partial charge in [0.15, 0.2) is 0 Å². The van der Waals surface area contributed by atoms with E-state index in [0.717, 1.165) is 22.4 Å². The number of nitrogens with two attached hydrogens (primary N) is 1. The van der Waals surface area contributed by atoms with Gasteiger partial charge >= 0.3 is 0 Å². The van der Waals surface area contributed by atoms with Crippen molar-refractivity contribution in [2.24, 2.45) is 17.6 Å². The predicted octanol–water partition coefficient (Wildman–Crippen LogP) is 3.49. The number of aromatic nitrogens is 2. The molecule has 2 N–H and O–H groups in total. The Balaban J connectivity index is 1.56. The summed E-state index contributed by atoms with van der Waals surface area (Å²) in [5.74, 6) is 2.46. The van der Waals surface area contributed by atoms with Crippen LogP contribution in [0, 0.1) is 11.8 Å². The standard InChI is InChI=1S/C16H19N3S/c17-14(11-4-2-1-3-5-11)16-19-18-15(20-16)13-9-10-6-7-12(13)8-10/h1-5,10,12-14H,6-9,17H2. The van der Waals surface area contributed by atoms with Crippen molar-refractivity contribution in [3.63, 3.8) is 0 Å². The fraction of sp³-hybridized carbons (Fsp3) is 0.500. The Morgan fingerprint density at radius 2 is 1.95 bits per heavy atom. The second kappa shape index (κ2) is 4.93. The minimum atomic E-state index is -0.138. The third-order valence-corrected chi connectivity index (χ3v) is 6.07. The largest absolute Gasteiger partial charge is 0.318 e. The molecule has 2 bridgehead atoms. The van der Waals surface area contributed by atoms with Gasteiger partial charge in [0, 0.05) is 5.92 Å². The molecular weight excluding hydrogens is 266 g/mol. The van der Waals surface area contributed by atoms with Gasteiger partial charge in [0.2, 0.25) is 0 Å². The van der Waals surface area contributed by atoms with Gasteiger partial charge in [-0.1, -0.05) is 48.1 Å². The number of benzene rings is 1. The summed E-state index contributed by atoms with van der Waals surface area (Å²) in [6.45, 7) is 0. The summed E-state index contributed by atoms with van der Waals surface area (Å²) in [7, 11) is 0. The van der Waals surface area contributed by atoms with Crippen LogP contribution >= 0.6 is 11.3 Å². The van der Waals surface area contributed by atoms with Crippen molar-refractivity contribution in [1.82, 2.24) is 10.2 Å². The SMILES string of the molecule is NC(c1ccccc1)c1nnc(C2CC3CCC2C3)s1. The summed E-state index contributed by atoms with van der Waals surface area (Å²) < 4.78 is 0. The molecule has 20 heavy (non-hydrogen) atoms. The maximum atomic E-state index is 6.31. The highest BCUT2D eigenvalue weighted by Gasteiger charge is 2.41. The van der Waals surface area contributed by atoms with E-state index in [2.05, 4.69) is 22.3 Å². The first kappa shape index (κ1) is 12.5. The van der Waals surface area contributed by atoms with Crippen LogP contribution in [0.25, 0.3) is 0 Å². The van der Waals surface area contributed by atoms with Gasteiger partial charge in [-0.05, 0) is 36.7 Å². The van der Waals surface area contributed by atoms with E-state index in [-0.39, 0.29) is 6.04 Å². The first-order valence-corrected chi connectivity index (χ1v) is 8.26. The lowest BCUT2D eigenvalue weighted by molar-refractivity contribution is 0.417. The predicted molar refractivity (Wildman–Crippen MR) is 80.6 cm³/mol. The molecule has 1 aromatic heterocycles. The van der Waals surface area contributed by atoms with Crippen LogP contribution in [-0.2, 0) is 0 Å². The van der Waals surface area contributed by atoms with Crippen LogP contribution in [0.4, 0.5) is 0 Å². The third kappa shape index (κ3) is 2.07. The summed E-state index contributed by atoms with van der Waals surface area (Å²) in [6.07, 6.45) is 5.54. The number of rotatable bonds is 3. The summed E-state index contributed by atoms with van der Waals surface area (Å²) in [5, 5.41) is 11.0. The van der Waals surface area contributed by atoms with Gasteiger partial charge in [0.25, 0.3) is 0 Å². The van der Waals surface area contributed by atoms with Gasteiger partial charge < -0.3 is 5.73 Å². The van der Waals surface area contributed by atoms with Crippen molar-refractivity contribution < 1.29 is 0 Å². The van der Waals surface area contributed by atoms with Crippen molar-refractivity contribution >= 4 is 11.3 Å². The third-order valence-electron chi connectivity index (χ3n) is 4.94. The Labute approximate surface area is 123 Å². The van der Waals surface area contributed by atoms with Crippen LogP contribution in [0.3, 0.4) is 0 Å². The van der Waals surface area contributed by atoms with Crippen molar-refractivity contribution in [3.05, 3.63) is 45.9 Å². The second-order valence-corrected chi connectivity index (χ2v) is 7.19. The normalized spacial score (nSPS) is 29.8. The first-order chi connectivity index (χ1) is 9.81. The van der Waals surface area contributed by atoms with E-state index in [0.29, 0.717) is 5.92 Å². The molecule has 1 heterocycles. The molecule has 3 nitrogen and oxygen atoms in total. The highest BCUT2D eigenvalue weighted by atomic mass is 32.1. The Bertz CT molecular complexity index is 595. The lowest BCUT2D eigenvalue weighted by Crippen LogP contribution is -2.11. The molecule has 0 saturated heterocycles. The molecule has 2 saturated carbocycles. The lowest BCUT2D eigenvalue weighted by Gasteiger charge is -2.18. The molecule has 4 heteroatoms. The van der Waals surface area contributed by atoms with Crippen LogP contribution in [0.5, 0.6) is 0 Å². The molecule has 4 rings (SSSR count). The summed E-state index contributed by atoms with van der Waals surface area (Å²) >= 11 is 1.73. The number of nitrogens with zero attached hydrogens (tertiary/aromatic N) is 2. The summed E-state index contributed by atoms with van der Waals surface area (Å²) in [4.78, 5) is 0. The van der Waals surface area contributed by atoms with Gasteiger partial charge in [-0.25, -0.2) is 0 Å². The number of hydrogen-bond donors (Lipinski definition) is 1. The Kier molecular flexibility index (Phi) is 3.08. The van der Waals surface area contributed by atoms with E-state index < -0.39 is 0 Å². The molecule has 0 radical (unpaired) electrons. The van der Waals surface area contributed by atoms with Gasteiger partial charge in [-0.2, -0.15) is 0 Å². The van der Waals surface area contributed by atoms with E-state index in [1.165, 1.54) is 30.7 Å². The van der Waals surface area contributed by atoms with E-state index in [4.69, 9.17) is 5.73 Å². The molecule has 2 aliphatic rings.